The quantitative estimate of drug-likeness (QED) is 0.541. The second kappa shape index (κ2) is 4.16. The van der Waals surface area contributed by atoms with Crippen LogP contribution in [0.2, 0.25) is 6.04 Å². The summed E-state index contributed by atoms with van der Waals surface area (Å²) in [7, 11) is 3.43. The molecule has 1 aromatic carbocycles. The summed E-state index contributed by atoms with van der Waals surface area (Å²) in [6.45, 7) is 0. The van der Waals surface area contributed by atoms with E-state index in [4.69, 9.17) is 11.5 Å². The molecule has 0 saturated heterocycles. The molecule has 63 valence electrons. The van der Waals surface area contributed by atoms with Gasteiger partial charge in [0.25, 0.3) is 0 Å². The van der Waals surface area contributed by atoms with Crippen molar-refractivity contribution in [2.75, 3.05) is 11.5 Å². The summed E-state index contributed by atoms with van der Waals surface area (Å²) in [6.07, 6.45) is 2.11. The zero-order valence-electron chi connectivity index (χ0n) is 7.01. The number of hydrogen-bond donors (Lipinski definition) is 2. The number of anilines is 2. The largest absolute Gasteiger partial charge is 0.399 e. The van der Waals surface area contributed by atoms with Crippen LogP contribution in [0.3, 0.4) is 0 Å². The number of nitrogen functional groups attached to an aromatic ring is 2. The second-order valence-electron chi connectivity index (χ2n) is 2.81. The van der Waals surface area contributed by atoms with Crippen molar-refractivity contribution >= 4 is 21.6 Å². The maximum Gasteiger partial charge on any atom is 0.0367 e. The average Bonchev–Trinajstić information content (AvgIpc) is 2.03. The Morgan fingerprint density at radius 2 is 2.00 bits per heavy atom. The van der Waals surface area contributed by atoms with E-state index in [1.807, 2.05) is 18.2 Å². The molecule has 1 rings (SSSR count). The number of hydrogen-bond acceptors (Lipinski definition) is 2. The Morgan fingerprint density at radius 1 is 1.25 bits per heavy atom. The van der Waals surface area contributed by atoms with Gasteiger partial charge in [-0.15, -0.1) is 0 Å². The van der Waals surface area contributed by atoms with Crippen molar-refractivity contribution in [1.29, 1.82) is 0 Å². The van der Waals surface area contributed by atoms with E-state index in [9.17, 15) is 0 Å². The van der Waals surface area contributed by atoms with Gasteiger partial charge >= 0.3 is 0 Å². The standard InChI is InChI=1S/C9H13N2Si/c10-8-4-3-7(2-1-5-12)9(11)6-8/h3-4,6H,1-2,5,10-11H2. The van der Waals surface area contributed by atoms with Crippen LogP contribution < -0.4 is 11.5 Å². The van der Waals surface area contributed by atoms with Crippen molar-refractivity contribution < 1.29 is 0 Å². The summed E-state index contributed by atoms with van der Waals surface area (Å²) in [5.41, 5.74) is 14.0. The van der Waals surface area contributed by atoms with Gasteiger partial charge in [-0.25, -0.2) is 0 Å². The predicted octanol–water partition coefficient (Wildman–Crippen LogP) is 1.37. The van der Waals surface area contributed by atoms with Gasteiger partial charge in [-0.05, 0) is 24.1 Å². The van der Waals surface area contributed by atoms with E-state index >= 15 is 0 Å². The van der Waals surface area contributed by atoms with Gasteiger partial charge in [0.05, 0.1) is 0 Å². The number of rotatable bonds is 3. The SMILES string of the molecule is Nc1ccc(CCC[Si])c(N)c1. The minimum absolute atomic E-state index is 0.731. The predicted molar refractivity (Wildman–Crippen MR) is 54.1 cm³/mol. The molecule has 12 heavy (non-hydrogen) atoms. The Bertz CT molecular complexity index is 261. The molecule has 0 saturated carbocycles. The highest BCUT2D eigenvalue weighted by Crippen LogP contribution is 2.17. The fourth-order valence-electron chi connectivity index (χ4n) is 1.12. The second-order valence-corrected chi connectivity index (χ2v) is 3.31. The average molecular weight is 177 g/mol. The molecule has 0 atom stereocenters. The summed E-state index contributed by atoms with van der Waals surface area (Å²) >= 11 is 0. The van der Waals surface area contributed by atoms with Crippen molar-refractivity contribution in [3.8, 4) is 0 Å². The van der Waals surface area contributed by atoms with Gasteiger partial charge in [0.2, 0.25) is 0 Å². The third-order valence-corrected chi connectivity index (χ3v) is 2.15. The molecule has 3 heteroatoms. The van der Waals surface area contributed by atoms with Crippen LogP contribution in [-0.2, 0) is 6.42 Å². The Morgan fingerprint density at radius 3 is 2.58 bits per heavy atom. The van der Waals surface area contributed by atoms with E-state index < -0.39 is 0 Å². The van der Waals surface area contributed by atoms with E-state index in [2.05, 4.69) is 10.2 Å². The summed E-state index contributed by atoms with van der Waals surface area (Å²) in [5, 5.41) is 0. The van der Waals surface area contributed by atoms with Crippen LogP contribution in [0.4, 0.5) is 11.4 Å². The molecule has 2 nitrogen and oxygen atoms in total. The van der Waals surface area contributed by atoms with E-state index in [-0.39, 0.29) is 0 Å². The van der Waals surface area contributed by atoms with Crippen molar-refractivity contribution in [3.63, 3.8) is 0 Å². The molecule has 0 spiro atoms. The van der Waals surface area contributed by atoms with Gasteiger partial charge in [0.1, 0.15) is 0 Å². The third-order valence-electron chi connectivity index (χ3n) is 1.79. The van der Waals surface area contributed by atoms with E-state index in [1.54, 1.807) is 0 Å². The van der Waals surface area contributed by atoms with Gasteiger partial charge in [0.15, 0.2) is 0 Å². The Hall–Kier alpha value is -0.963. The number of benzene rings is 1. The maximum atomic E-state index is 5.77. The smallest absolute Gasteiger partial charge is 0.0367 e. The third kappa shape index (κ3) is 2.27. The lowest BCUT2D eigenvalue weighted by molar-refractivity contribution is 0.922. The monoisotopic (exact) mass is 177 g/mol. The highest BCUT2D eigenvalue weighted by atomic mass is 28.1. The summed E-state index contributed by atoms with van der Waals surface area (Å²) in [5.74, 6) is 0. The van der Waals surface area contributed by atoms with Crippen LogP contribution in [0.15, 0.2) is 18.2 Å². The summed E-state index contributed by atoms with van der Waals surface area (Å²) in [4.78, 5) is 0. The van der Waals surface area contributed by atoms with Gasteiger partial charge in [0, 0.05) is 21.6 Å². The first-order valence-corrected chi connectivity index (χ1v) is 4.73. The van der Waals surface area contributed by atoms with Crippen molar-refractivity contribution in [2.45, 2.75) is 18.9 Å². The highest BCUT2D eigenvalue weighted by molar-refractivity contribution is 6.08. The molecule has 0 aromatic heterocycles. The maximum absolute atomic E-state index is 5.77. The molecule has 0 aliphatic carbocycles. The van der Waals surface area contributed by atoms with Crippen LogP contribution >= 0.6 is 0 Å². The van der Waals surface area contributed by atoms with Crippen LogP contribution in [0.25, 0.3) is 0 Å². The molecule has 3 radical (unpaired) electrons. The Kier molecular flexibility index (Phi) is 3.16. The van der Waals surface area contributed by atoms with Crippen LogP contribution in [-0.4, -0.2) is 10.2 Å². The molecular formula is C9H13N2Si. The van der Waals surface area contributed by atoms with E-state index in [0.29, 0.717) is 0 Å². The Balaban J connectivity index is 2.72. The fourth-order valence-corrected chi connectivity index (χ4v) is 1.30. The molecule has 0 heterocycles. The first kappa shape index (κ1) is 9.13. The molecule has 0 bridgehead atoms. The minimum Gasteiger partial charge on any atom is -0.399 e. The topological polar surface area (TPSA) is 52.0 Å². The summed E-state index contributed by atoms with van der Waals surface area (Å²) < 4.78 is 0. The van der Waals surface area contributed by atoms with Crippen LogP contribution in [0.5, 0.6) is 0 Å². The molecule has 0 fully saturated rings. The van der Waals surface area contributed by atoms with E-state index in [0.717, 1.165) is 30.3 Å². The summed E-state index contributed by atoms with van der Waals surface area (Å²) in [6, 6.07) is 6.69. The molecule has 0 aliphatic rings. The molecule has 0 unspecified atom stereocenters. The van der Waals surface area contributed by atoms with Gasteiger partial charge in [-0.2, -0.15) is 0 Å². The first-order chi connectivity index (χ1) is 5.74. The fraction of sp³-hybridized carbons (Fsp3) is 0.333. The van der Waals surface area contributed by atoms with Crippen molar-refractivity contribution in [2.24, 2.45) is 0 Å². The van der Waals surface area contributed by atoms with Gasteiger partial charge in [-0.3, -0.25) is 0 Å². The normalized spacial score (nSPS) is 10.1. The molecule has 4 N–H and O–H groups in total. The van der Waals surface area contributed by atoms with Crippen LogP contribution in [0.1, 0.15) is 12.0 Å². The zero-order chi connectivity index (χ0) is 8.97. The first-order valence-electron chi connectivity index (χ1n) is 4.02. The zero-order valence-corrected chi connectivity index (χ0v) is 8.01. The van der Waals surface area contributed by atoms with Gasteiger partial charge in [-0.1, -0.05) is 18.5 Å². The molecular weight excluding hydrogens is 164 g/mol. The molecule has 0 amide bonds. The van der Waals surface area contributed by atoms with Crippen molar-refractivity contribution in [1.82, 2.24) is 0 Å². The van der Waals surface area contributed by atoms with Gasteiger partial charge < -0.3 is 11.5 Å². The lowest BCUT2D eigenvalue weighted by Crippen LogP contribution is -1.96. The minimum atomic E-state index is 0.731. The lowest BCUT2D eigenvalue weighted by Gasteiger charge is -2.04. The van der Waals surface area contributed by atoms with Crippen LogP contribution in [0, 0.1) is 0 Å². The highest BCUT2D eigenvalue weighted by Gasteiger charge is 1.97. The molecule has 1 aromatic rings. The number of nitrogens with two attached hydrogens (primary N) is 2. The lowest BCUT2D eigenvalue weighted by atomic mass is 10.1. The number of aryl methyl sites for hydroxylation is 1. The molecule has 0 aliphatic heterocycles. The Labute approximate surface area is 76.4 Å². The van der Waals surface area contributed by atoms with E-state index in [1.165, 1.54) is 5.56 Å². The van der Waals surface area contributed by atoms with Crippen molar-refractivity contribution in [3.05, 3.63) is 23.8 Å².